The normalized spacial score (nSPS) is 10.2. The van der Waals surface area contributed by atoms with Gasteiger partial charge in [0.25, 0.3) is 0 Å². The fraction of sp³-hybridized carbons (Fsp3) is 0.0625. The van der Waals surface area contributed by atoms with E-state index in [0.717, 1.165) is 11.3 Å². The van der Waals surface area contributed by atoms with Crippen LogP contribution in [0.2, 0.25) is 0 Å². The van der Waals surface area contributed by atoms with E-state index >= 15 is 0 Å². The van der Waals surface area contributed by atoms with Crippen molar-refractivity contribution in [3.05, 3.63) is 71.6 Å². The zero-order chi connectivity index (χ0) is 14.2. The molecule has 0 bridgehead atoms. The van der Waals surface area contributed by atoms with Crippen LogP contribution < -0.4 is 5.32 Å². The molecule has 2 aromatic rings. The Morgan fingerprint density at radius 3 is 2.95 bits per heavy atom. The van der Waals surface area contributed by atoms with Crippen LogP contribution in [-0.4, -0.2) is 10.9 Å². The van der Waals surface area contributed by atoms with E-state index < -0.39 is 0 Å². The monoisotopic (exact) mass is 263 g/mol. The third kappa shape index (κ3) is 4.07. The molecule has 0 fully saturated rings. The molecule has 0 aliphatic rings. The Hall–Kier alpha value is -2.93. The van der Waals surface area contributed by atoms with E-state index in [1.54, 1.807) is 30.5 Å². The molecule has 0 saturated carbocycles. The Labute approximate surface area is 117 Å². The lowest BCUT2D eigenvalue weighted by atomic mass is 10.1. The third-order valence-corrected chi connectivity index (χ3v) is 2.61. The van der Waals surface area contributed by atoms with Crippen LogP contribution in [0.4, 0.5) is 0 Å². The summed E-state index contributed by atoms with van der Waals surface area (Å²) in [6, 6.07) is 14.7. The maximum absolute atomic E-state index is 11.7. The highest BCUT2D eigenvalue weighted by molar-refractivity contribution is 5.91. The maximum Gasteiger partial charge on any atom is 0.244 e. The lowest BCUT2D eigenvalue weighted by molar-refractivity contribution is -0.116. The summed E-state index contributed by atoms with van der Waals surface area (Å²) in [6.45, 7) is 0.391. The van der Waals surface area contributed by atoms with E-state index in [9.17, 15) is 4.79 Å². The number of benzene rings is 1. The molecule has 98 valence electrons. The third-order valence-electron chi connectivity index (χ3n) is 2.61. The van der Waals surface area contributed by atoms with E-state index in [1.807, 2.05) is 24.3 Å². The number of carbonyl (C=O) groups excluding carboxylic acids is 1. The lowest BCUT2D eigenvalue weighted by Gasteiger charge is -2.01. The van der Waals surface area contributed by atoms with E-state index in [-0.39, 0.29) is 5.91 Å². The molecule has 1 N–H and O–H groups in total. The first-order valence-corrected chi connectivity index (χ1v) is 6.14. The van der Waals surface area contributed by atoms with Crippen LogP contribution in [0.15, 0.2) is 54.7 Å². The van der Waals surface area contributed by atoms with Gasteiger partial charge in [-0.1, -0.05) is 18.2 Å². The maximum atomic E-state index is 11.7. The van der Waals surface area contributed by atoms with E-state index in [0.29, 0.717) is 12.1 Å². The zero-order valence-corrected chi connectivity index (χ0v) is 10.8. The molecular formula is C16H13N3O. The van der Waals surface area contributed by atoms with Crippen molar-refractivity contribution < 1.29 is 4.79 Å². The van der Waals surface area contributed by atoms with Crippen molar-refractivity contribution >= 4 is 12.0 Å². The summed E-state index contributed by atoms with van der Waals surface area (Å²) in [6.07, 6.45) is 4.80. The first-order chi connectivity index (χ1) is 9.78. The van der Waals surface area contributed by atoms with Gasteiger partial charge in [-0.15, -0.1) is 0 Å². The van der Waals surface area contributed by atoms with Crippen molar-refractivity contribution in [3.8, 4) is 6.07 Å². The number of carbonyl (C=O) groups is 1. The second-order valence-corrected chi connectivity index (χ2v) is 4.11. The van der Waals surface area contributed by atoms with E-state index in [1.165, 1.54) is 6.08 Å². The highest BCUT2D eigenvalue weighted by atomic mass is 16.1. The summed E-state index contributed by atoms with van der Waals surface area (Å²) in [5, 5.41) is 11.5. The van der Waals surface area contributed by atoms with Gasteiger partial charge in [-0.2, -0.15) is 5.26 Å². The van der Waals surface area contributed by atoms with Crippen molar-refractivity contribution in [1.29, 1.82) is 5.26 Å². The number of pyridine rings is 1. The first kappa shape index (κ1) is 13.5. The lowest BCUT2D eigenvalue weighted by Crippen LogP contribution is -2.20. The molecule has 1 amide bonds. The Morgan fingerprint density at radius 2 is 2.20 bits per heavy atom. The molecule has 0 aliphatic carbocycles. The van der Waals surface area contributed by atoms with Gasteiger partial charge >= 0.3 is 0 Å². The van der Waals surface area contributed by atoms with Crippen LogP contribution >= 0.6 is 0 Å². The van der Waals surface area contributed by atoms with Gasteiger partial charge in [0.05, 0.1) is 23.9 Å². The van der Waals surface area contributed by atoms with Crippen LogP contribution in [-0.2, 0) is 11.3 Å². The molecule has 0 spiro atoms. The minimum atomic E-state index is -0.196. The predicted molar refractivity (Wildman–Crippen MR) is 76.3 cm³/mol. The molecule has 0 unspecified atom stereocenters. The molecule has 4 nitrogen and oxygen atoms in total. The van der Waals surface area contributed by atoms with Crippen molar-refractivity contribution in [1.82, 2.24) is 10.3 Å². The molecule has 0 aliphatic heterocycles. The second kappa shape index (κ2) is 6.86. The molecule has 0 atom stereocenters. The minimum absolute atomic E-state index is 0.196. The smallest absolute Gasteiger partial charge is 0.244 e. The van der Waals surface area contributed by atoms with Crippen LogP contribution in [0.1, 0.15) is 16.8 Å². The number of aromatic nitrogens is 1. The fourth-order valence-electron chi connectivity index (χ4n) is 1.62. The molecule has 1 heterocycles. The van der Waals surface area contributed by atoms with Crippen LogP contribution in [0, 0.1) is 11.3 Å². The Balaban J connectivity index is 1.91. The summed E-state index contributed by atoms with van der Waals surface area (Å²) in [4.78, 5) is 15.8. The Bertz CT molecular complexity index is 657. The molecule has 4 heteroatoms. The van der Waals surface area contributed by atoms with Gasteiger partial charge in [-0.05, 0) is 35.9 Å². The van der Waals surface area contributed by atoms with Gasteiger partial charge in [-0.3, -0.25) is 9.78 Å². The summed E-state index contributed by atoms with van der Waals surface area (Å²) < 4.78 is 0. The summed E-state index contributed by atoms with van der Waals surface area (Å²) in [5.41, 5.74) is 2.19. The van der Waals surface area contributed by atoms with Gasteiger partial charge in [-0.25, -0.2) is 0 Å². The number of hydrogen-bond donors (Lipinski definition) is 1. The quantitative estimate of drug-likeness (QED) is 0.861. The van der Waals surface area contributed by atoms with Crippen molar-refractivity contribution in [2.45, 2.75) is 6.54 Å². The largest absolute Gasteiger partial charge is 0.347 e. The predicted octanol–water partition coefficient (Wildman–Crippen LogP) is 2.28. The average molecular weight is 263 g/mol. The first-order valence-electron chi connectivity index (χ1n) is 6.14. The van der Waals surface area contributed by atoms with Crippen LogP contribution in [0.3, 0.4) is 0 Å². The number of nitrogens with zero attached hydrogens (tertiary/aromatic N) is 2. The highest BCUT2D eigenvalue weighted by Gasteiger charge is 1.97. The second-order valence-electron chi connectivity index (χ2n) is 4.11. The van der Waals surface area contributed by atoms with Gasteiger partial charge in [0.2, 0.25) is 5.91 Å². The van der Waals surface area contributed by atoms with E-state index in [4.69, 9.17) is 5.26 Å². The SMILES string of the molecule is N#Cc1cccc(/C=C/C(=O)NCc2ccccn2)c1. The molecule has 0 saturated heterocycles. The van der Waals surface area contributed by atoms with Gasteiger partial charge in [0.15, 0.2) is 0 Å². The molecule has 1 aromatic heterocycles. The van der Waals surface area contributed by atoms with Crippen molar-refractivity contribution in [2.75, 3.05) is 0 Å². The number of nitrogens with one attached hydrogen (secondary N) is 1. The minimum Gasteiger partial charge on any atom is -0.347 e. The molecular weight excluding hydrogens is 250 g/mol. The van der Waals surface area contributed by atoms with Crippen molar-refractivity contribution in [2.24, 2.45) is 0 Å². The zero-order valence-electron chi connectivity index (χ0n) is 10.8. The van der Waals surface area contributed by atoms with Crippen molar-refractivity contribution in [3.63, 3.8) is 0 Å². The summed E-state index contributed by atoms with van der Waals surface area (Å²) in [5.74, 6) is -0.196. The van der Waals surface area contributed by atoms with Gasteiger partial charge in [0.1, 0.15) is 0 Å². The van der Waals surface area contributed by atoms with Crippen LogP contribution in [0.5, 0.6) is 0 Å². The molecule has 2 rings (SSSR count). The highest BCUT2D eigenvalue weighted by Crippen LogP contribution is 2.05. The number of hydrogen-bond acceptors (Lipinski definition) is 3. The van der Waals surface area contributed by atoms with Gasteiger partial charge < -0.3 is 5.32 Å². The number of amides is 1. The Kier molecular flexibility index (Phi) is 4.63. The van der Waals surface area contributed by atoms with Crippen LogP contribution in [0.25, 0.3) is 6.08 Å². The summed E-state index contributed by atoms with van der Waals surface area (Å²) in [7, 11) is 0. The summed E-state index contributed by atoms with van der Waals surface area (Å²) >= 11 is 0. The Morgan fingerprint density at radius 1 is 1.30 bits per heavy atom. The standard InChI is InChI=1S/C16H13N3O/c17-11-14-5-3-4-13(10-14)7-8-16(20)19-12-15-6-1-2-9-18-15/h1-10H,12H2,(H,19,20)/b8-7+. The topological polar surface area (TPSA) is 65.8 Å². The average Bonchev–Trinajstić information content (AvgIpc) is 2.52. The molecule has 0 radical (unpaired) electrons. The van der Waals surface area contributed by atoms with Gasteiger partial charge in [0, 0.05) is 12.3 Å². The number of nitriles is 1. The fourth-order valence-corrected chi connectivity index (χ4v) is 1.62. The number of rotatable bonds is 4. The molecule has 1 aromatic carbocycles. The molecule has 20 heavy (non-hydrogen) atoms. The van der Waals surface area contributed by atoms with E-state index in [2.05, 4.69) is 16.4 Å².